The molecule has 1 fully saturated rings. The Balaban J connectivity index is 0.00000220. The van der Waals surface area contributed by atoms with Gasteiger partial charge in [0.1, 0.15) is 0 Å². The largest absolute Gasteiger partial charge is 0.317 e. The van der Waals surface area contributed by atoms with Crippen LogP contribution in [0.4, 0.5) is 0 Å². The first-order chi connectivity index (χ1) is 9.83. The molecule has 2 rings (SSSR count). The van der Waals surface area contributed by atoms with Gasteiger partial charge < -0.3 is 10.2 Å². The van der Waals surface area contributed by atoms with E-state index in [4.69, 9.17) is 0 Å². The summed E-state index contributed by atoms with van der Waals surface area (Å²) in [5.41, 5.74) is 3.01. The first-order valence-electron chi connectivity index (χ1n) is 8.35. The van der Waals surface area contributed by atoms with Gasteiger partial charge in [-0.3, -0.25) is 0 Å². The maximum atomic E-state index is 3.39. The molecule has 0 unspecified atom stereocenters. The topological polar surface area (TPSA) is 15.3 Å². The van der Waals surface area contributed by atoms with Crippen molar-refractivity contribution in [3.8, 4) is 0 Å². The molecule has 1 heterocycles. The average molecular weight is 276 g/mol. The van der Waals surface area contributed by atoms with Crippen LogP contribution < -0.4 is 5.32 Å². The van der Waals surface area contributed by atoms with E-state index in [1.54, 1.807) is 5.56 Å². The standard InChI is InChI=1S/C18H30N2.H2/c1-3-13-20-14-10-18(11-15-20)17-7-5-16(6-8-17)9-12-19-4-2;/h5-8,18-19H,3-4,9-15H2,1-2H3;1H. The van der Waals surface area contributed by atoms with Gasteiger partial charge in [0.25, 0.3) is 0 Å². The Morgan fingerprint density at radius 1 is 1.15 bits per heavy atom. The van der Waals surface area contributed by atoms with Crippen LogP contribution in [-0.2, 0) is 6.42 Å². The lowest BCUT2D eigenvalue weighted by Gasteiger charge is -2.32. The van der Waals surface area contributed by atoms with E-state index in [0.717, 1.165) is 25.4 Å². The SMILES string of the molecule is CCCN1CCC(c2ccc(CCNCC)cc2)CC1.[HH]. The van der Waals surface area contributed by atoms with Gasteiger partial charge in [-0.05, 0) is 75.5 Å². The average Bonchev–Trinajstić information content (AvgIpc) is 2.49. The molecule has 1 aromatic carbocycles. The number of hydrogen-bond donors (Lipinski definition) is 1. The molecule has 114 valence electrons. The predicted molar refractivity (Wildman–Crippen MR) is 89.5 cm³/mol. The van der Waals surface area contributed by atoms with Crippen LogP contribution in [0, 0.1) is 0 Å². The number of piperidine rings is 1. The Morgan fingerprint density at radius 2 is 1.85 bits per heavy atom. The summed E-state index contributed by atoms with van der Waals surface area (Å²) in [6.07, 6.45) is 5.09. The minimum Gasteiger partial charge on any atom is -0.317 e. The van der Waals surface area contributed by atoms with Crippen molar-refractivity contribution in [2.45, 2.75) is 45.4 Å². The molecule has 1 N–H and O–H groups in total. The molecule has 1 aliphatic rings. The van der Waals surface area contributed by atoms with E-state index in [9.17, 15) is 0 Å². The van der Waals surface area contributed by atoms with Gasteiger partial charge in [-0.25, -0.2) is 0 Å². The monoisotopic (exact) mass is 276 g/mol. The molecule has 0 atom stereocenters. The molecule has 1 aromatic rings. The molecular weight excluding hydrogens is 244 g/mol. The van der Waals surface area contributed by atoms with E-state index in [1.165, 1.54) is 44.5 Å². The number of likely N-dealkylation sites (N-methyl/N-ethyl adjacent to an activating group) is 1. The lowest BCUT2D eigenvalue weighted by molar-refractivity contribution is 0.213. The van der Waals surface area contributed by atoms with Crippen molar-refractivity contribution in [2.75, 3.05) is 32.7 Å². The minimum atomic E-state index is 0. The molecular formula is C18H32N2. The zero-order valence-electron chi connectivity index (χ0n) is 13.2. The summed E-state index contributed by atoms with van der Waals surface area (Å²) in [6.45, 7) is 10.4. The van der Waals surface area contributed by atoms with E-state index < -0.39 is 0 Å². The van der Waals surface area contributed by atoms with Crippen LogP contribution >= 0.6 is 0 Å². The molecule has 1 aliphatic heterocycles. The van der Waals surface area contributed by atoms with Crippen molar-refractivity contribution in [1.29, 1.82) is 0 Å². The number of likely N-dealkylation sites (tertiary alicyclic amines) is 1. The zero-order valence-corrected chi connectivity index (χ0v) is 13.2. The Morgan fingerprint density at radius 3 is 2.45 bits per heavy atom. The molecule has 0 bridgehead atoms. The van der Waals surface area contributed by atoms with Gasteiger partial charge in [0, 0.05) is 1.43 Å². The van der Waals surface area contributed by atoms with Gasteiger partial charge in [-0.1, -0.05) is 38.1 Å². The van der Waals surface area contributed by atoms with Crippen LogP contribution in [0.2, 0.25) is 0 Å². The molecule has 2 nitrogen and oxygen atoms in total. The lowest BCUT2D eigenvalue weighted by Crippen LogP contribution is -2.33. The number of benzene rings is 1. The minimum absolute atomic E-state index is 0. The van der Waals surface area contributed by atoms with Crippen LogP contribution in [0.3, 0.4) is 0 Å². The lowest BCUT2D eigenvalue weighted by atomic mass is 9.89. The summed E-state index contributed by atoms with van der Waals surface area (Å²) in [4.78, 5) is 2.61. The van der Waals surface area contributed by atoms with E-state index in [2.05, 4.69) is 48.3 Å². The van der Waals surface area contributed by atoms with Crippen LogP contribution in [0.1, 0.15) is 51.6 Å². The highest BCUT2D eigenvalue weighted by atomic mass is 15.1. The van der Waals surface area contributed by atoms with Gasteiger partial charge in [0.15, 0.2) is 0 Å². The Labute approximate surface area is 126 Å². The van der Waals surface area contributed by atoms with Crippen molar-refractivity contribution >= 4 is 0 Å². The second-order valence-corrected chi connectivity index (χ2v) is 5.96. The van der Waals surface area contributed by atoms with Gasteiger partial charge >= 0.3 is 0 Å². The van der Waals surface area contributed by atoms with Crippen molar-refractivity contribution in [3.63, 3.8) is 0 Å². The molecule has 1 saturated heterocycles. The van der Waals surface area contributed by atoms with E-state index in [0.29, 0.717) is 0 Å². The van der Waals surface area contributed by atoms with Crippen LogP contribution in [0.25, 0.3) is 0 Å². The third-order valence-electron chi connectivity index (χ3n) is 4.42. The summed E-state index contributed by atoms with van der Waals surface area (Å²) in [5.74, 6) is 0.783. The van der Waals surface area contributed by atoms with Gasteiger partial charge in [-0.15, -0.1) is 0 Å². The van der Waals surface area contributed by atoms with E-state index in [-0.39, 0.29) is 1.43 Å². The van der Waals surface area contributed by atoms with Crippen molar-refractivity contribution < 1.29 is 1.43 Å². The second kappa shape index (κ2) is 8.43. The van der Waals surface area contributed by atoms with Crippen LogP contribution in [-0.4, -0.2) is 37.6 Å². The van der Waals surface area contributed by atoms with Crippen LogP contribution in [0.5, 0.6) is 0 Å². The normalized spacial score (nSPS) is 17.5. The first-order valence-corrected chi connectivity index (χ1v) is 8.35. The summed E-state index contributed by atoms with van der Waals surface area (Å²) >= 11 is 0. The first kappa shape index (κ1) is 15.5. The maximum absolute atomic E-state index is 3.39. The number of nitrogens with zero attached hydrogens (tertiary/aromatic N) is 1. The van der Waals surface area contributed by atoms with Gasteiger partial charge in [0.2, 0.25) is 0 Å². The summed E-state index contributed by atoms with van der Waals surface area (Å²) < 4.78 is 0. The smallest absolute Gasteiger partial charge is 0 e. The summed E-state index contributed by atoms with van der Waals surface area (Å²) in [7, 11) is 0. The van der Waals surface area contributed by atoms with Crippen LogP contribution in [0.15, 0.2) is 24.3 Å². The molecule has 20 heavy (non-hydrogen) atoms. The highest BCUT2D eigenvalue weighted by Crippen LogP contribution is 2.28. The molecule has 0 aliphatic carbocycles. The zero-order chi connectivity index (χ0) is 14.2. The van der Waals surface area contributed by atoms with Crippen molar-refractivity contribution in [3.05, 3.63) is 35.4 Å². The number of rotatable bonds is 7. The molecule has 0 radical (unpaired) electrons. The Hall–Kier alpha value is -0.860. The molecule has 0 amide bonds. The summed E-state index contributed by atoms with van der Waals surface area (Å²) in [6, 6.07) is 9.37. The fourth-order valence-corrected chi connectivity index (χ4v) is 3.17. The second-order valence-electron chi connectivity index (χ2n) is 5.96. The fraction of sp³-hybridized carbons (Fsp3) is 0.667. The van der Waals surface area contributed by atoms with Gasteiger partial charge in [-0.2, -0.15) is 0 Å². The maximum Gasteiger partial charge on any atom is 0 e. The Bertz CT molecular complexity index is 369. The number of nitrogens with one attached hydrogen (secondary N) is 1. The third-order valence-corrected chi connectivity index (χ3v) is 4.42. The highest BCUT2D eigenvalue weighted by Gasteiger charge is 2.19. The highest BCUT2D eigenvalue weighted by molar-refractivity contribution is 5.26. The molecule has 0 spiro atoms. The van der Waals surface area contributed by atoms with E-state index in [1.807, 2.05) is 0 Å². The van der Waals surface area contributed by atoms with Crippen molar-refractivity contribution in [2.24, 2.45) is 0 Å². The molecule has 2 heteroatoms. The number of hydrogen-bond acceptors (Lipinski definition) is 2. The predicted octanol–water partition coefficient (Wildman–Crippen LogP) is 3.67. The van der Waals surface area contributed by atoms with E-state index >= 15 is 0 Å². The Kier molecular flexibility index (Phi) is 6.55. The third kappa shape index (κ3) is 4.60. The summed E-state index contributed by atoms with van der Waals surface area (Å²) in [5, 5.41) is 3.39. The molecule has 0 aromatic heterocycles. The van der Waals surface area contributed by atoms with Crippen molar-refractivity contribution in [1.82, 2.24) is 10.2 Å². The van der Waals surface area contributed by atoms with Gasteiger partial charge in [0.05, 0.1) is 0 Å². The quantitative estimate of drug-likeness (QED) is 0.764. The fourth-order valence-electron chi connectivity index (χ4n) is 3.17. The molecule has 0 saturated carbocycles.